The molecule has 3 N–H and O–H groups in total. The lowest BCUT2D eigenvalue weighted by Crippen LogP contribution is -2.33. The van der Waals surface area contributed by atoms with Crippen molar-refractivity contribution in [3.8, 4) is 0 Å². The molecule has 0 heterocycles. The quantitative estimate of drug-likeness (QED) is 0.460. The Morgan fingerprint density at radius 1 is 1.21 bits per heavy atom. The number of rotatable bonds is 7. The Morgan fingerprint density at radius 2 is 1.88 bits per heavy atom. The zero-order valence-corrected chi connectivity index (χ0v) is 14.2. The molecule has 126 valence electrons. The highest BCUT2D eigenvalue weighted by atomic mass is 35.5. The van der Waals surface area contributed by atoms with Crippen LogP contribution in [-0.4, -0.2) is 17.8 Å². The van der Waals surface area contributed by atoms with Crippen molar-refractivity contribution in [3.05, 3.63) is 70.7 Å². The van der Waals surface area contributed by atoms with Crippen LogP contribution in [0.4, 0.5) is 0 Å². The van der Waals surface area contributed by atoms with Crippen molar-refractivity contribution in [3.63, 3.8) is 0 Å². The number of hydrogen-bond donors (Lipinski definition) is 2. The lowest BCUT2D eigenvalue weighted by molar-refractivity contribution is -0.131. The lowest BCUT2D eigenvalue weighted by atomic mass is 10.1. The number of benzene rings is 2. The maximum Gasteiger partial charge on any atom is 0.263 e. The van der Waals surface area contributed by atoms with Gasteiger partial charge in [0.15, 0.2) is 0 Å². The highest BCUT2D eigenvalue weighted by molar-refractivity contribution is 6.31. The van der Waals surface area contributed by atoms with Gasteiger partial charge in [-0.15, -0.1) is 0 Å². The van der Waals surface area contributed by atoms with Gasteiger partial charge in [0.05, 0.1) is 0 Å². The predicted molar refractivity (Wildman–Crippen MR) is 95.6 cm³/mol. The van der Waals surface area contributed by atoms with E-state index in [1.807, 2.05) is 48.5 Å². The van der Waals surface area contributed by atoms with Gasteiger partial charge in [0.25, 0.3) is 5.91 Å². The van der Waals surface area contributed by atoms with E-state index in [2.05, 4.69) is 10.5 Å². The summed E-state index contributed by atoms with van der Waals surface area (Å²) in [6.45, 7) is 1.94. The molecule has 0 bridgehead atoms. The molecule has 0 saturated heterocycles. The van der Waals surface area contributed by atoms with E-state index in [-0.39, 0.29) is 5.91 Å². The van der Waals surface area contributed by atoms with Crippen LogP contribution in [0.25, 0.3) is 0 Å². The number of amides is 1. The van der Waals surface area contributed by atoms with Gasteiger partial charge < -0.3 is 15.9 Å². The van der Waals surface area contributed by atoms with Gasteiger partial charge in [-0.1, -0.05) is 65.3 Å². The van der Waals surface area contributed by atoms with Gasteiger partial charge in [-0.05, 0) is 24.1 Å². The number of carbonyl (C=O) groups is 1. The summed E-state index contributed by atoms with van der Waals surface area (Å²) in [5.74, 6) is 0.0261. The van der Waals surface area contributed by atoms with Crippen molar-refractivity contribution >= 4 is 23.3 Å². The molecule has 0 aliphatic carbocycles. The molecule has 1 unspecified atom stereocenters. The SMILES string of the molecule is CC(O/N=C(/N)Cc1ccccc1)C(=O)NCc1ccccc1Cl. The molecular formula is C18H20ClN3O2. The van der Waals surface area contributed by atoms with Crippen molar-refractivity contribution in [2.24, 2.45) is 10.9 Å². The second kappa shape index (κ2) is 8.93. The molecule has 1 amide bonds. The fourth-order valence-corrected chi connectivity index (χ4v) is 2.20. The van der Waals surface area contributed by atoms with E-state index in [4.69, 9.17) is 22.2 Å². The summed E-state index contributed by atoms with van der Waals surface area (Å²) < 4.78 is 0. The maximum absolute atomic E-state index is 12.0. The molecule has 0 aliphatic rings. The number of carbonyl (C=O) groups excluding carboxylic acids is 1. The first kappa shape index (κ1) is 17.8. The fourth-order valence-electron chi connectivity index (χ4n) is 2.00. The van der Waals surface area contributed by atoms with Crippen LogP contribution in [0.15, 0.2) is 59.8 Å². The largest absolute Gasteiger partial charge is 0.384 e. The Balaban J connectivity index is 1.80. The topological polar surface area (TPSA) is 76.7 Å². The van der Waals surface area contributed by atoms with Crippen LogP contribution in [-0.2, 0) is 22.6 Å². The molecule has 0 radical (unpaired) electrons. The molecule has 2 aromatic carbocycles. The van der Waals surface area contributed by atoms with Crippen molar-refractivity contribution < 1.29 is 9.63 Å². The molecule has 1 atom stereocenters. The minimum atomic E-state index is -0.748. The number of halogens is 1. The molecule has 0 fully saturated rings. The molecular weight excluding hydrogens is 326 g/mol. The average Bonchev–Trinajstić information content (AvgIpc) is 2.59. The van der Waals surface area contributed by atoms with Crippen molar-refractivity contribution in [1.29, 1.82) is 0 Å². The second-order valence-corrected chi connectivity index (χ2v) is 5.71. The van der Waals surface area contributed by atoms with E-state index in [0.717, 1.165) is 11.1 Å². The Labute approximate surface area is 146 Å². The summed E-state index contributed by atoms with van der Waals surface area (Å²) in [5.41, 5.74) is 7.68. The van der Waals surface area contributed by atoms with Crippen LogP contribution in [0.3, 0.4) is 0 Å². The second-order valence-electron chi connectivity index (χ2n) is 5.30. The molecule has 6 heteroatoms. The summed E-state index contributed by atoms with van der Waals surface area (Å²) in [7, 11) is 0. The van der Waals surface area contributed by atoms with Gasteiger partial charge in [0, 0.05) is 18.0 Å². The van der Waals surface area contributed by atoms with Gasteiger partial charge >= 0.3 is 0 Å². The number of nitrogens with two attached hydrogens (primary N) is 1. The molecule has 24 heavy (non-hydrogen) atoms. The molecule has 0 aromatic heterocycles. The van der Waals surface area contributed by atoms with Crippen LogP contribution >= 0.6 is 11.6 Å². The standard InChI is InChI=1S/C18H20ClN3O2/c1-13(18(23)21-12-15-9-5-6-10-16(15)19)24-22-17(20)11-14-7-3-2-4-8-14/h2-10,13H,11-12H2,1H3,(H2,20,22)(H,21,23). The molecule has 0 aliphatic heterocycles. The fraction of sp³-hybridized carbons (Fsp3) is 0.222. The van der Waals surface area contributed by atoms with E-state index < -0.39 is 6.10 Å². The third kappa shape index (κ3) is 5.59. The average molecular weight is 346 g/mol. The first-order valence-corrected chi connectivity index (χ1v) is 7.97. The van der Waals surface area contributed by atoms with Crippen molar-refractivity contribution in [1.82, 2.24) is 5.32 Å². The first-order chi connectivity index (χ1) is 11.6. The third-order valence-electron chi connectivity index (χ3n) is 3.34. The number of oxime groups is 1. The van der Waals surface area contributed by atoms with Gasteiger partial charge in [-0.2, -0.15) is 0 Å². The van der Waals surface area contributed by atoms with Crippen LogP contribution < -0.4 is 11.1 Å². The Kier molecular flexibility index (Phi) is 6.63. The van der Waals surface area contributed by atoms with E-state index in [1.54, 1.807) is 13.0 Å². The number of nitrogens with zero attached hydrogens (tertiary/aromatic N) is 1. The van der Waals surface area contributed by atoms with Gasteiger partial charge in [-0.25, -0.2) is 0 Å². The van der Waals surface area contributed by atoms with E-state index in [0.29, 0.717) is 23.8 Å². The van der Waals surface area contributed by atoms with Crippen LogP contribution in [0, 0.1) is 0 Å². The van der Waals surface area contributed by atoms with E-state index >= 15 is 0 Å². The highest BCUT2D eigenvalue weighted by Gasteiger charge is 2.14. The third-order valence-corrected chi connectivity index (χ3v) is 3.71. The zero-order valence-electron chi connectivity index (χ0n) is 13.4. The molecule has 2 aromatic rings. The normalized spacial score (nSPS) is 12.5. The predicted octanol–water partition coefficient (Wildman–Crippen LogP) is 2.88. The molecule has 2 rings (SSSR count). The molecule has 0 spiro atoms. The Hall–Kier alpha value is -2.53. The number of nitrogens with one attached hydrogen (secondary N) is 1. The highest BCUT2D eigenvalue weighted by Crippen LogP contribution is 2.14. The minimum Gasteiger partial charge on any atom is -0.384 e. The summed E-state index contributed by atoms with van der Waals surface area (Å²) in [5, 5.41) is 7.18. The summed E-state index contributed by atoms with van der Waals surface area (Å²) in [4.78, 5) is 17.2. The molecule has 5 nitrogen and oxygen atoms in total. The van der Waals surface area contributed by atoms with Crippen LogP contribution in [0.5, 0.6) is 0 Å². The van der Waals surface area contributed by atoms with Gasteiger partial charge in [0.1, 0.15) is 5.84 Å². The van der Waals surface area contributed by atoms with Gasteiger partial charge in [0.2, 0.25) is 6.10 Å². The number of hydrogen-bond acceptors (Lipinski definition) is 3. The molecule has 0 saturated carbocycles. The van der Waals surface area contributed by atoms with Crippen molar-refractivity contribution in [2.75, 3.05) is 0 Å². The first-order valence-electron chi connectivity index (χ1n) is 7.59. The summed E-state index contributed by atoms with van der Waals surface area (Å²) >= 11 is 6.05. The monoisotopic (exact) mass is 345 g/mol. The lowest BCUT2D eigenvalue weighted by Gasteiger charge is -2.12. The Morgan fingerprint density at radius 3 is 2.58 bits per heavy atom. The van der Waals surface area contributed by atoms with Crippen molar-refractivity contribution in [2.45, 2.75) is 26.0 Å². The maximum atomic E-state index is 12.0. The number of amidine groups is 1. The van der Waals surface area contributed by atoms with Crippen LogP contribution in [0.1, 0.15) is 18.1 Å². The van der Waals surface area contributed by atoms with Crippen LogP contribution in [0.2, 0.25) is 5.02 Å². The zero-order chi connectivity index (χ0) is 17.4. The smallest absolute Gasteiger partial charge is 0.263 e. The van der Waals surface area contributed by atoms with Gasteiger partial charge in [-0.3, -0.25) is 4.79 Å². The van der Waals surface area contributed by atoms with E-state index in [1.165, 1.54) is 0 Å². The minimum absolute atomic E-state index is 0.286. The summed E-state index contributed by atoms with van der Waals surface area (Å²) in [6.07, 6.45) is -0.281. The summed E-state index contributed by atoms with van der Waals surface area (Å²) in [6, 6.07) is 17.0. The van der Waals surface area contributed by atoms with E-state index in [9.17, 15) is 4.79 Å². The Bertz CT molecular complexity index is 704.